The summed E-state index contributed by atoms with van der Waals surface area (Å²) in [7, 11) is 0. The van der Waals surface area contributed by atoms with Gasteiger partial charge in [0.15, 0.2) is 10.9 Å². The van der Waals surface area contributed by atoms with Crippen LogP contribution < -0.4 is 0 Å². The zero-order chi connectivity index (χ0) is 22.9. The Bertz CT molecular complexity index is 1430. The number of thiazole rings is 1. The molecule has 6 nitrogen and oxygen atoms in total. The Morgan fingerprint density at radius 1 is 1.06 bits per heavy atom. The van der Waals surface area contributed by atoms with Crippen molar-refractivity contribution in [2.24, 2.45) is 0 Å². The van der Waals surface area contributed by atoms with Gasteiger partial charge in [-0.1, -0.05) is 42.1 Å². The van der Waals surface area contributed by atoms with Crippen molar-refractivity contribution in [2.75, 3.05) is 6.54 Å². The number of hydrogen-bond acceptors (Lipinski definition) is 7. The van der Waals surface area contributed by atoms with Crippen molar-refractivity contribution in [3.63, 3.8) is 0 Å². The van der Waals surface area contributed by atoms with E-state index in [-0.39, 0.29) is 11.9 Å². The van der Waals surface area contributed by atoms with Crippen LogP contribution in [-0.4, -0.2) is 32.3 Å². The van der Waals surface area contributed by atoms with Crippen molar-refractivity contribution in [3.8, 4) is 0 Å². The normalized spacial score (nSPS) is 16.4. The van der Waals surface area contributed by atoms with Gasteiger partial charge in [-0.25, -0.2) is 15.0 Å². The SMILES string of the molecule is O=C(c1oc2ccccc2c1CSc1ncccn1)N1CCCCC1c1nc2ccccc2s1. The summed E-state index contributed by atoms with van der Waals surface area (Å²) in [5.41, 5.74) is 2.61. The van der Waals surface area contributed by atoms with E-state index in [2.05, 4.69) is 16.0 Å². The molecule has 0 bridgehead atoms. The number of amides is 1. The van der Waals surface area contributed by atoms with Gasteiger partial charge in [-0.05, 0) is 43.5 Å². The lowest BCUT2D eigenvalue weighted by molar-refractivity contribution is 0.0580. The van der Waals surface area contributed by atoms with Gasteiger partial charge in [-0.3, -0.25) is 4.79 Å². The summed E-state index contributed by atoms with van der Waals surface area (Å²) in [6.45, 7) is 0.699. The molecule has 0 saturated carbocycles. The highest BCUT2D eigenvalue weighted by molar-refractivity contribution is 7.98. The molecular weight excluding hydrogens is 464 g/mol. The molecule has 0 N–H and O–H groups in total. The summed E-state index contributed by atoms with van der Waals surface area (Å²) < 4.78 is 7.34. The van der Waals surface area contributed by atoms with Gasteiger partial charge in [-0.2, -0.15) is 0 Å². The molecule has 3 aromatic heterocycles. The fraction of sp³-hybridized carbons (Fsp3) is 0.231. The molecule has 34 heavy (non-hydrogen) atoms. The van der Waals surface area contributed by atoms with Gasteiger partial charge < -0.3 is 9.32 Å². The molecule has 1 unspecified atom stereocenters. The van der Waals surface area contributed by atoms with Crippen molar-refractivity contribution in [1.29, 1.82) is 0 Å². The Morgan fingerprint density at radius 3 is 2.76 bits per heavy atom. The predicted molar refractivity (Wildman–Crippen MR) is 135 cm³/mol. The molecule has 1 fully saturated rings. The van der Waals surface area contributed by atoms with E-state index in [9.17, 15) is 4.79 Å². The summed E-state index contributed by atoms with van der Waals surface area (Å²) in [5, 5.41) is 2.64. The van der Waals surface area contributed by atoms with Crippen molar-refractivity contribution < 1.29 is 9.21 Å². The second-order valence-electron chi connectivity index (χ2n) is 8.26. The Hall–Kier alpha value is -3.23. The van der Waals surface area contributed by atoms with Crippen LogP contribution in [0.25, 0.3) is 21.2 Å². The molecule has 1 amide bonds. The van der Waals surface area contributed by atoms with E-state index >= 15 is 0 Å². The van der Waals surface area contributed by atoms with Gasteiger partial charge in [0.2, 0.25) is 0 Å². The number of rotatable bonds is 5. The lowest BCUT2D eigenvalue weighted by atomic mass is 10.0. The quantitative estimate of drug-likeness (QED) is 0.209. The van der Waals surface area contributed by atoms with Crippen LogP contribution in [0.15, 0.2) is 76.6 Å². The molecule has 170 valence electrons. The van der Waals surface area contributed by atoms with E-state index in [4.69, 9.17) is 9.40 Å². The predicted octanol–water partition coefficient (Wildman–Crippen LogP) is 6.49. The third-order valence-electron chi connectivity index (χ3n) is 6.14. The largest absolute Gasteiger partial charge is 0.451 e. The average molecular weight is 487 g/mol. The third-order valence-corrected chi connectivity index (χ3v) is 8.18. The number of hydrogen-bond donors (Lipinski definition) is 0. The highest BCUT2D eigenvalue weighted by Gasteiger charge is 2.34. The molecule has 5 aromatic rings. The summed E-state index contributed by atoms with van der Waals surface area (Å²) in [6, 6.07) is 17.8. The summed E-state index contributed by atoms with van der Waals surface area (Å²) in [5.74, 6) is 0.907. The zero-order valence-corrected chi connectivity index (χ0v) is 20.0. The third kappa shape index (κ3) is 3.97. The monoisotopic (exact) mass is 486 g/mol. The molecule has 0 radical (unpaired) electrons. The van der Waals surface area contributed by atoms with E-state index in [0.717, 1.165) is 51.0 Å². The molecule has 1 saturated heterocycles. The highest BCUT2D eigenvalue weighted by atomic mass is 32.2. The first-order valence-corrected chi connectivity index (χ1v) is 13.1. The molecule has 0 spiro atoms. The van der Waals surface area contributed by atoms with Crippen molar-refractivity contribution >= 4 is 50.2 Å². The number of nitrogens with zero attached hydrogens (tertiary/aromatic N) is 4. The number of furan rings is 1. The number of fused-ring (bicyclic) bond motifs is 2. The maximum atomic E-state index is 14.0. The summed E-state index contributed by atoms with van der Waals surface area (Å²) >= 11 is 3.19. The van der Waals surface area contributed by atoms with Gasteiger partial charge in [0.05, 0.1) is 16.3 Å². The van der Waals surface area contributed by atoms with Crippen LogP contribution in [0.3, 0.4) is 0 Å². The minimum absolute atomic E-state index is 0.0372. The van der Waals surface area contributed by atoms with E-state index in [0.29, 0.717) is 23.2 Å². The van der Waals surface area contributed by atoms with Crippen LogP contribution in [-0.2, 0) is 5.75 Å². The van der Waals surface area contributed by atoms with E-state index in [1.807, 2.05) is 47.4 Å². The number of carbonyl (C=O) groups excluding carboxylic acids is 1. The van der Waals surface area contributed by atoms with Crippen LogP contribution >= 0.6 is 23.1 Å². The molecular formula is C26H22N4O2S2. The van der Waals surface area contributed by atoms with Crippen molar-refractivity contribution in [3.05, 3.63) is 83.3 Å². The highest BCUT2D eigenvalue weighted by Crippen LogP contribution is 2.38. The van der Waals surface area contributed by atoms with Crippen LogP contribution in [0.5, 0.6) is 0 Å². The number of likely N-dealkylation sites (tertiary alicyclic amines) is 1. The smallest absolute Gasteiger partial charge is 0.290 e. The molecule has 2 aromatic carbocycles. The second kappa shape index (κ2) is 9.19. The van der Waals surface area contributed by atoms with Gasteiger partial charge >= 0.3 is 0 Å². The Labute approximate surface area is 205 Å². The summed E-state index contributed by atoms with van der Waals surface area (Å²) in [6.07, 6.45) is 6.43. The number of aromatic nitrogens is 3. The van der Waals surface area contributed by atoms with Gasteiger partial charge in [0.1, 0.15) is 10.6 Å². The first-order chi connectivity index (χ1) is 16.8. The van der Waals surface area contributed by atoms with Crippen LogP contribution in [0, 0.1) is 0 Å². The molecule has 4 heterocycles. The number of piperidine rings is 1. The van der Waals surface area contributed by atoms with E-state index in [1.165, 1.54) is 11.8 Å². The van der Waals surface area contributed by atoms with Crippen molar-refractivity contribution in [1.82, 2.24) is 19.9 Å². The minimum atomic E-state index is -0.0651. The maximum absolute atomic E-state index is 14.0. The van der Waals surface area contributed by atoms with Crippen LogP contribution in [0.1, 0.15) is 46.4 Å². The number of benzene rings is 2. The minimum Gasteiger partial charge on any atom is -0.451 e. The first kappa shape index (κ1) is 21.3. The first-order valence-electron chi connectivity index (χ1n) is 11.3. The van der Waals surface area contributed by atoms with Gasteiger partial charge in [0, 0.05) is 35.6 Å². The topological polar surface area (TPSA) is 72.1 Å². The second-order valence-corrected chi connectivity index (χ2v) is 10.3. The molecule has 0 aliphatic carbocycles. The van der Waals surface area contributed by atoms with Crippen LogP contribution in [0.2, 0.25) is 0 Å². The Kier molecular flexibility index (Phi) is 5.76. The van der Waals surface area contributed by atoms with Crippen molar-refractivity contribution in [2.45, 2.75) is 36.2 Å². The fourth-order valence-electron chi connectivity index (χ4n) is 4.51. The van der Waals surface area contributed by atoms with E-state index in [1.54, 1.807) is 29.8 Å². The Balaban J connectivity index is 1.36. The number of thioether (sulfide) groups is 1. The molecule has 6 rings (SSSR count). The van der Waals surface area contributed by atoms with Gasteiger partial charge in [0.25, 0.3) is 5.91 Å². The molecule has 1 atom stereocenters. The average Bonchev–Trinajstić information content (AvgIpc) is 3.49. The molecule has 8 heteroatoms. The lowest BCUT2D eigenvalue weighted by Gasteiger charge is -2.34. The molecule has 1 aliphatic heterocycles. The number of para-hydroxylation sites is 2. The lowest BCUT2D eigenvalue weighted by Crippen LogP contribution is -2.38. The van der Waals surface area contributed by atoms with E-state index < -0.39 is 0 Å². The molecule has 1 aliphatic rings. The van der Waals surface area contributed by atoms with Crippen LogP contribution in [0.4, 0.5) is 0 Å². The standard InChI is InChI=1S/C26H22N4O2S2/c31-25(30-15-6-5-10-20(30)24-29-19-9-2-4-12-22(19)34-24)23-18(16-33-26-27-13-7-14-28-26)17-8-1-3-11-21(17)32-23/h1-4,7-9,11-14,20H,5-6,10,15-16H2. The summed E-state index contributed by atoms with van der Waals surface area (Å²) in [4.78, 5) is 29.4. The maximum Gasteiger partial charge on any atom is 0.290 e. The Morgan fingerprint density at radius 2 is 1.88 bits per heavy atom. The fourth-order valence-corrected chi connectivity index (χ4v) is 6.45. The zero-order valence-electron chi connectivity index (χ0n) is 18.4. The number of carbonyl (C=O) groups is 1. The van der Waals surface area contributed by atoms with Gasteiger partial charge in [-0.15, -0.1) is 11.3 Å².